The summed E-state index contributed by atoms with van der Waals surface area (Å²) in [4.78, 5) is 29.7. The summed E-state index contributed by atoms with van der Waals surface area (Å²) in [6.45, 7) is -0.209. The van der Waals surface area contributed by atoms with Crippen LogP contribution in [0, 0.1) is 0 Å². The van der Waals surface area contributed by atoms with E-state index in [2.05, 4.69) is 9.78 Å². The predicted molar refractivity (Wildman–Crippen MR) is 48.6 cm³/mol. The highest BCUT2D eigenvalue weighted by atomic mass is 17.2. The number of carbonyl (C=O) groups is 2. The zero-order valence-corrected chi connectivity index (χ0v) is 8.22. The van der Waals surface area contributed by atoms with Gasteiger partial charge >= 0.3 is 11.9 Å². The van der Waals surface area contributed by atoms with Crippen LogP contribution in [0.4, 0.5) is 0 Å². The maximum absolute atomic E-state index is 10.9. The molecule has 0 aliphatic heterocycles. The fraction of sp³-hybridized carbons (Fsp3) is 0.750. The van der Waals surface area contributed by atoms with Crippen molar-refractivity contribution in [1.82, 2.24) is 0 Å². The molecule has 0 heterocycles. The van der Waals surface area contributed by atoms with Crippen molar-refractivity contribution in [1.29, 1.82) is 0 Å². The third kappa shape index (κ3) is 7.86. The lowest BCUT2D eigenvalue weighted by molar-refractivity contribution is -0.274. The monoisotopic (exact) mass is 221 g/mol. The van der Waals surface area contributed by atoms with Gasteiger partial charge in [-0.15, -0.1) is 0 Å². The number of rotatable bonds is 8. The van der Waals surface area contributed by atoms with E-state index in [9.17, 15) is 9.59 Å². The first-order chi connectivity index (χ1) is 7.07. The van der Waals surface area contributed by atoms with Crippen molar-refractivity contribution in [3.63, 3.8) is 0 Å². The highest BCUT2D eigenvalue weighted by molar-refractivity contribution is 5.74. The van der Waals surface area contributed by atoms with E-state index in [-0.39, 0.29) is 32.5 Å². The number of aliphatic hydroxyl groups is 1. The van der Waals surface area contributed by atoms with Crippen molar-refractivity contribution in [2.45, 2.75) is 25.3 Å². The fourth-order valence-corrected chi connectivity index (χ4v) is 0.701. The van der Waals surface area contributed by atoms with Gasteiger partial charge in [0, 0.05) is 13.0 Å². The van der Waals surface area contributed by atoms with Crippen molar-refractivity contribution in [2.75, 3.05) is 13.2 Å². The van der Waals surface area contributed by atoms with Gasteiger partial charge in [-0.3, -0.25) is 9.68 Å². The second-order valence-corrected chi connectivity index (χ2v) is 2.84. The molecule has 0 saturated heterocycles. The van der Waals surface area contributed by atoms with Crippen molar-refractivity contribution in [2.24, 2.45) is 5.73 Å². The minimum Gasteiger partial charge on any atom is -0.481 e. The van der Waals surface area contributed by atoms with E-state index >= 15 is 0 Å². The predicted octanol–water partition coefficient (Wildman–Crippen LogP) is -0.964. The molecule has 4 N–H and O–H groups in total. The summed E-state index contributed by atoms with van der Waals surface area (Å²) in [7, 11) is 0. The molecule has 1 unspecified atom stereocenters. The van der Waals surface area contributed by atoms with E-state index in [1.54, 1.807) is 0 Å². The van der Waals surface area contributed by atoms with Crippen molar-refractivity contribution in [3.05, 3.63) is 0 Å². The minimum absolute atomic E-state index is 0.00385. The summed E-state index contributed by atoms with van der Waals surface area (Å²) in [6.07, 6.45) is 0.287. The van der Waals surface area contributed by atoms with E-state index in [4.69, 9.17) is 15.9 Å². The van der Waals surface area contributed by atoms with E-state index < -0.39 is 18.0 Å². The van der Waals surface area contributed by atoms with Gasteiger partial charge in [0.1, 0.15) is 6.04 Å². The lowest BCUT2D eigenvalue weighted by atomic mass is 10.2. The zero-order valence-electron chi connectivity index (χ0n) is 8.22. The average Bonchev–Trinajstić information content (AvgIpc) is 2.16. The Balaban J connectivity index is 3.42. The van der Waals surface area contributed by atoms with Gasteiger partial charge in [0.2, 0.25) is 0 Å². The first kappa shape index (κ1) is 13.8. The molecule has 0 amide bonds. The largest absolute Gasteiger partial charge is 0.481 e. The lowest BCUT2D eigenvalue weighted by Crippen LogP contribution is -2.33. The molecule has 0 rings (SSSR count). The number of hydrogen-bond acceptors (Lipinski definition) is 6. The van der Waals surface area contributed by atoms with E-state index in [0.29, 0.717) is 0 Å². The molecule has 0 fully saturated rings. The number of hydrogen-bond donors (Lipinski definition) is 3. The minimum atomic E-state index is -0.943. The summed E-state index contributed by atoms with van der Waals surface area (Å²) in [5, 5.41) is 16.7. The molecule has 15 heavy (non-hydrogen) atoms. The highest BCUT2D eigenvalue weighted by Crippen LogP contribution is 1.95. The van der Waals surface area contributed by atoms with Gasteiger partial charge in [-0.05, 0) is 12.8 Å². The SMILES string of the molecule is NC(CCO)C(=O)OOCCCC(=O)O. The Morgan fingerprint density at radius 2 is 2.07 bits per heavy atom. The van der Waals surface area contributed by atoms with Gasteiger partial charge in [-0.25, -0.2) is 4.79 Å². The standard InChI is InChI=1S/C8H15NO6/c9-6(3-4-10)8(13)15-14-5-1-2-7(11)12/h6,10H,1-5,9H2,(H,11,12). The molecule has 0 aliphatic rings. The van der Waals surface area contributed by atoms with Crippen LogP contribution in [0.1, 0.15) is 19.3 Å². The van der Waals surface area contributed by atoms with Gasteiger partial charge in [0.05, 0.1) is 6.61 Å². The summed E-state index contributed by atoms with van der Waals surface area (Å²) in [5.41, 5.74) is 5.28. The first-order valence-electron chi connectivity index (χ1n) is 4.49. The van der Waals surface area contributed by atoms with Crippen LogP contribution in [0.2, 0.25) is 0 Å². The summed E-state index contributed by atoms with van der Waals surface area (Å²) in [6, 6.07) is -0.922. The summed E-state index contributed by atoms with van der Waals surface area (Å²) < 4.78 is 0. The van der Waals surface area contributed by atoms with Crippen LogP contribution in [-0.4, -0.2) is 41.4 Å². The molecule has 0 aromatic rings. The zero-order chi connectivity index (χ0) is 11.7. The summed E-state index contributed by atoms with van der Waals surface area (Å²) in [5.74, 6) is -1.72. The number of aliphatic hydroxyl groups excluding tert-OH is 1. The molecule has 0 aromatic heterocycles. The number of carboxylic acid groups (broad SMARTS) is 1. The molecular weight excluding hydrogens is 206 g/mol. The highest BCUT2D eigenvalue weighted by Gasteiger charge is 2.15. The number of aliphatic carboxylic acids is 1. The maximum Gasteiger partial charge on any atom is 0.358 e. The molecule has 7 heteroatoms. The van der Waals surface area contributed by atoms with Gasteiger partial charge in [0.25, 0.3) is 0 Å². The van der Waals surface area contributed by atoms with E-state index in [1.807, 2.05) is 0 Å². The average molecular weight is 221 g/mol. The second kappa shape index (κ2) is 8.16. The second-order valence-electron chi connectivity index (χ2n) is 2.84. The van der Waals surface area contributed by atoms with Gasteiger partial charge < -0.3 is 15.9 Å². The Morgan fingerprint density at radius 1 is 1.40 bits per heavy atom. The Morgan fingerprint density at radius 3 is 2.60 bits per heavy atom. The van der Waals surface area contributed by atoms with Crippen molar-refractivity contribution < 1.29 is 29.6 Å². The molecule has 88 valence electrons. The smallest absolute Gasteiger partial charge is 0.358 e. The Labute approximate surface area is 86.7 Å². The third-order valence-electron chi connectivity index (χ3n) is 1.50. The fourth-order valence-electron chi connectivity index (χ4n) is 0.701. The van der Waals surface area contributed by atoms with E-state index in [1.165, 1.54) is 0 Å². The molecule has 0 spiro atoms. The molecule has 0 aliphatic carbocycles. The quantitative estimate of drug-likeness (QED) is 0.274. The molecular formula is C8H15NO6. The van der Waals surface area contributed by atoms with Gasteiger partial charge in [-0.1, -0.05) is 0 Å². The number of nitrogens with two attached hydrogens (primary N) is 1. The third-order valence-corrected chi connectivity index (χ3v) is 1.50. The van der Waals surface area contributed by atoms with Crippen molar-refractivity contribution >= 4 is 11.9 Å². The van der Waals surface area contributed by atoms with E-state index in [0.717, 1.165) is 0 Å². The molecule has 0 bridgehead atoms. The van der Waals surface area contributed by atoms with Crippen LogP contribution in [0.15, 0.2) is 0 Å². The topological polar surface area (TPSA) is 119 Å². The Kier molecular flexibility index (Phi) is 7.51. The normalized spacial score (nSPS) is 12.1. The van der Waals surface area contributed by atoms with Gasteiger partial charge in [-0.2, -0.15) is 4.89 Å². The van der Waals surface area contributed by atoms with Crippen molar-refractivity contribution in [3.8, 4) is 0 Å². The number of carboxylic acids is 1. The van der Waals surface area contributed by atoms with Crippen LogP contribution in [0.3, 0.4) is 0 Å². The Bertz CT molecular complexity index is 207. The molecule has 0 aromatic carbocycles. The first-order valence-corrected chi connectivity index (χ1v) is 4.49. The molecule has 0 radical (unpaired) electrons. The maximum atomic E-state index is 10.9. The molecule has 1 atom stereocenters. The Hall–Kier alpha value is -1.18. The van der Waals surface area contributed by atoms with Crippen LogP contribution in [-0.2, 0) is 19.4 Å². The molecule has 0 saturated carbocycles. The van der Waals surface area contributed by atoms with Crippen LogP contribution < -0.4 is 5.73 Å². The lowest BCUT2D eigenvalue weighted by Gasteiger charge is -2.07. The van der Waals surface area contributed by atoms with Crippen LogP contribution >= 0.6 is 0 Å². The van der Waals surface area contributed by atoms with Crippen LogP contribution in [0.25, 0.3) is 0 Å². The van der Waals surface area contributed by atoms with Crippen LogP contribution in [0.5, 0.6) is 0 Å². The van der Waals surface area contributed by atoms with Gasteiger partial charge in [0.15, 0.2) is 0 Å². The summed E-state index contributed by atoms with van der Waals surface area (Å²) >= 11 is 0. The molecule has 7 nitrogen and oxygen atoms in total. The number of carbonyl (C=O) groups excluding carboxylic acids is 1.